The number of hydrogen-bond acceptors (Lipinski definition) is 6. The Morgan fingerprint density at radius 3 is 2.88 bits per heavy atom. The Hall–Kier alpha value is -3.61. The van der Waals surface area contributed by atoms with Gasteiger partial charge < -0.3 is 20.8 Å². The Balaban J connectivity index is 1.88. The van der Waals surface area contributed by atoms with Gasteiger partial charge >= 0.3 is 5.97 Å². The number of nitrogens with two attached hydrogens (primary N) is 1. The molecule has 126 valence electrons. The molecule has 3 aromatic rings. The number of rotatable bonds is 4. The van der Waals surface area contributed by atoms with Crippen molar-refractivity contribution in [2.75, 3.05) is 12.4 Å². The number of methoxy groups -OCH3 is 1. The lowest BCUT2D eigenvalue weighted by atomic mass is 10.1. The van der Waals surface area contributed by atoms with Crippen LogP contribution in [0.25, 0.3) is 16.6 Å². The van der Waals surface area contributed by atoms with Gasteiger partial charge in [0, 0.05) is 23.6 Å². The van der Waals surface area contributed by atoms with Crippen LogP contribution < -0.4 is 16.6 Å². The molecule has 7 heteroatoms. The van der Waals surface area contributed by atoms with Crippen LogP contribution in [0.4, 0.5) is 5.69 Å². The second kappa shape index (κ2) is 6.88. The van der Waals surface area contributed by atoms with Gasteiger partial charge in [0.25, 0.3) is 5.56 Å². The molecule has 3 rings (SSSR count). The summed E-state index contributed by atoms with van der Waals surface area (Å²) in [5, 5.41) is 3.83. The fraction of sp³-hybridized carbons (Fsp3) is 0.0556. The SMILES string of the molecule is COC(=O)c1cc(N/C=C(\N)c2cc3ccccc3[nH]c2=O)ccn1. The Labute approximate surface area is 143 Å². The minimum absolute atomic E-state index is 0.169. The number of nitrogens with zero attached hydrogens (tertiary/aromatic N) is 1. The van der Waals surface area contributed by atoms with Gasteiger partial charge in [0.05, 0.1) is 18.4 Å². The molecule has 0 radical (unpaired) electrons. The predicted molar refractivity (Wildman–Crippen MR) is 95.9 cm³/mol. The van der Waals surface area contributed by atoms with Crippen LogP contribution in [0.1, 0.15) is 16.1 Å². The van der Waals surface area contributed by atoms with Crippen molar-refractivity contribution in [3.05, 3.63) is 76.5 Å². The maximum Gasteiger partial charge on any atom is 0.356 e. The maximum absolute atomic E-state index is 12.2. The number of benzene rings is 1. The van der Waals surface area contributed by atoms with Crippen LogP contribution in [0, 0.1) is 0 Å². The zero-order valence-electron chi connectivity index (χ0n) is 13.4. The normalized spacial score (nSPS) is 11.3. The number of carbonyl (C=O) groups is 1. The number of pyridine rings is 2. The first-order valence-corrected chi connectivity index (χ1v) is 7.47. The van der Waals surface area contributed by atoms with Gasteiger partial charge in [-0.15, -0.1) is 0 Å². The lowest BCUT2D eigenvalue weighted by Crippen LogP contribution is -2.15. The molecule has 1 aromatic carbocycles. The Kier molecular flexibility index (Phi) is 4.47. The van der Waals surface area contributed by atoms with Gasteiger partial charge in [0.15, 0.2) is 0 Å². The van der Waals surface area contributed by atoms with Crippen molar-refractivity contribution in [3.8, 4) is 0 Å². The summed E-state index contributed by atoms with van der Waals surface area (Å²) in [6.45, 7) is 0. The average Bonchev–Trinajstić information content (AvgIpc) is 2.65. The molecule has 25 heavy (non-hydrogen) atoms. The summed E-state index contributed by atoms with van der Waals surface area (Å²) in [6, 6.07) is 12.4. The number of para-hydroxylation sites is 1. The van der Waals surface area contributed by atoms with E-state index in [0.29, 0.717) is 11.3 Å². The fourth-order valence-corrected chi connectivity index (χ4v) is 2.34. The first kappa shape index (κ1) is 16.3. The summed E-state index contributed by atoms with van der Waals surface area (Å²) in [4.78, 5) is 30.4. The fourth-order valence-electron chi connectivity index (χ4n) is 2.34. The van der Waals surface area contributed by atoms with Crippen LogP contribution >= 0.6 is 0 Å². The first-order chi connectivity index (χ1) is 12.1. The molecule has 0 atom stereocenters. The minimum Gasteiger partial charge on any atom is -0.464 e. The van der Waals surface area contributed by atoms with E-state index in [1.54, 1.807) is 12.1 Å². The summed E-state index contributed by atoms with van der Waals surface area (Å²) in [6.07, 6.45) is 2.97. The number of carbonyl (C=O) groups excluding carboxylic acids is 1. The average molecular weight is 336 g/mol. The topological polar surface area (TPSA) is 110 Å². The zero-order valence-corrected chi connectivity index (χ0v) is 13.4. The molecule has 0 aliphatic carbocycles. The Bertz CT molecular complexity index is 1020. The van der Waals surface area contributed by atoms with Crippen LogP contribution in [0.2, 0.25) is 0 Å². The molecule has 4 N–H and O–H groups in total. The minimum atomic E-state index is -0.536. The van der Waals surface area contributed by atoms with Crippen molar-refractivity contribution >= 4 is 28.3 Å². The molecule has 0 spiro atoms. The summed E-state index contributed by atoms with van der Waals surface area (Å²) in [5.74, 6) is -0.536. The predicted octanol–water partition coefficient (Wildman–Crippen LogP) is 2.08. The number of anilines is 1. The monoisotopic (exact) mass is 336 g/mol. The molecule has 0 unspecified atom stereocenters. The molecule has 2 aromatic heterocycles. The number of H-pyrrole nitrogens is 1. The maximum atomic E-state index is 12.2. The van der Waals surface area contributed by atoms with Gasteiger partial charge in [-0.3, -0.25) is 4.79 Å². The van der Waals surface area contributed by atoms with Gasteiger partial charge in [-0.2, -0.15) is 0 Å². The van der Waals surface area contributed by atoms with Gasteiger partial charge in [0.1, 0.15) is 5.69 Å². The van der Waals surface area contributed by atoms with E-state index in [-0.39, 0.29) is 17.0 Å². The van der Waals surface area contributed by atoms with E-state index < -0.39 is 5.97 Å². The van der Waals surface area contributed by atoms with Crippen molar-refractivity contribution in [3.63, 3.8) is 0 Å². The summed E-state index contributed by atoms with van der Waals surface area (Å²) >= 11 is 0. The van der Waals surface area contributed by atoms with Gasteiger partial charge in [-0.05, 0) is 29.7 Å². The molecule has 0 saturated carbocycles. The van der Waals surface area contributed by atoms with Crippen LogP contribution in [0.3, 0.4) is 0 Å². The number of nitrogens with one attached hydrogen (secondary N) is 2. The number of ether oxygens (including phenoxy) is 1. The third-order valence-electron chi connectivity index (χ3n) is 3.61. The van der Waals surface area contributed by atoms with E-state index in [2.05, 4.69) is 20.0 Å². The Morgan fingerprint density at radius 2 is 2.08 bits per heavy atom. The van der Waals surface area contributed by atoms with Gasteiger partial charge in [-0.1, -0.05) is 18.2 Å². The molecule has 0 bridgehead atoms. The van der Waals surface area contributed by atoms with Crippen LogP contribution in [-0.2, 0) is 4.74 Å². The molecular weight excluding hydrogens is 320 g/mol. The highest BCUT2D eigenvalue weighted by molar-refractivity contribution is 5.88. The van der Waals surface area contributed by atoms with E-state index in [9.17, 15) is 9.59 Å². The van der Waals surface area contributed by atoms with Crippen LogP contribution in [0.15, 0.2) is 59.7 Å². The largest absolute Gasteiger partial charge is 0.464 e. The summed E-state index contributed by atoms with van der Waals surface area (Å²) in [7, 11) is 1.29. The van der Waals surface area contributed by atoms with E-state index in [1.807, 2.05) is 24.3 Å². The molecule has 0 saturated heterocycles. The lowest BCUT2D eigenvalue weighted by molar-refractivity contribution is 0.0594. The van der Waals surface area contributed by atoms with Crippen LogP contribution in [0.5, 0.6) is 0 Å². The number of aromatic nitrogens is 2. The van der Waals surface area contributed by atoms with Crippen molar-refractivity contribution in [1.82, 2.24) is 9.97 Å². The summed E-state index contributed by atoms with van der Waals surface area (Å²) in [5.41, 5.74) is 7.88. The lowest BCUT2D eigenvalue weighted by Gasteiger charge is -2.06. The molecule has 0 aliphatic rings. The number of hydrogen-bond donors (Lipinski definition) is 3. The zero-order chi connectivity index (χ0) is 17.8. The van der Waals surface area contributed by atoms with Crippen LogP contribution in [-0.4, -0.2) is 23.0 Å². The number of esters is 1. The van der Waals surface area contributed by atoms with Crippen molar-refractivity contribution in [1.29, 1.82) is 0 Å². The van der Waals surface area contributed by atoms with Gasteiger partial charge in [0.2, 0.25) is 0 Å². The van der Waals surface area contributed by atoms with Crippen molar-refractivity contribution in [2.45, 2.75) is 0 Å². The standard InChI is InChI=1S/C18H16N4O3/c1-25-18(24)16-9-12(6-7-20-16)21-10-14(19)13-8-11-4-2-3-5-15(11)22-17(13)23/h2-10H,19H2,1H3,(H,20,21)(H,22,23)/b14-10-. The quantitative estimate of drug-likeness (QED) is 0.629. The van der Waals surface area contributed by atoms with E-state index in [4.69, 9.17) is 5.73 Å². The third kappa shape index (κ3) is 3.50. The summed E-state index contributed by atoms with van der Waals surface area (Å²) < 4.78 is 4.63. The van der Waals surface area contributed by atoms with Crippen molar-refractivity contribution in [2.24, 2.45) is 5.73 Å². The Morgan fingerprint density at radius 1 is 1.28 bits per heavy atom. The number of fused-ring (bicyclic) bond motifs is 1. The first-order valence-electron chi connectivity index (χ1n) is 7.47. The van der Waals surface area contributed by atoms with E-state index >= 15 is 0 Å². The van der Waals surface area contributed by atoms with E-state index in [1.165, 1.54) is 25.6 Å². The second-order valence-electron chi connectivity index (χ2n) is 5.26. The highest BCUT2D eigenvalue weighted by Gasteiger charge is 2.08. The molecule has 0 fully saturated rings. The molecule has 0 aliphatic heterocycles. The molecule has 0 amide bonds. The highest BCUT2D eigenvalue weighted by atomic mass is 16.5. The third-order valence-corrected chi connectivity index (χ3v) is 3.61. The number of aromatic amines is 1. The highest BCUT2D eigenvalue weighted by Crippen LogP contribution is 2.14. The van der Waals surface area contributed by atoms with E-state index in [0.717, 1.165) is 10.9 Å². The van der Waals surface area contributed by atoms with Gasteiger partial charge in [-0.25, -0.2) is 9.78 Å². The smallest absolute Gasteiger partial charge is 0.356 e. The van der Waals surface area contributed by atoms with Crippen molar-refractivity contribution < 1.29 is 9.53 Å². The second-order valence-corrected chi connectivity index (χ2v) is 5.26. The molecule has 7 nitrogen and oxygen atoms in total. The molecular formula is C18H16N4O3. The molecule has 2 heterocycles.